The molecule has 1 atom stereocenters. The molecule has 0 amide bonds. The van der Waals surface area contributed by atoms with Crippen LogP contribution in [-0.2, 0) is 23.0 Å². The molecule has 2 heterocycles. The number of rotatable bonds is 7. The number of fused-ring (bicyclic) bond motifs is 1. The van der Waals surface area contributed by atoms with E-state index in [1.54, 1.807) is 18.2 Å². The largest absolute Gasteiger partial charge is 0.479 e. The average Bonchev–Trinajstić information content (AvgIpc) is 3.29. The van der Waals surface area contributed by atoms with E-state index >= 15 is 0 Å². The number of esters is 1. The van der Waals surface area contributed by atoms with E-state index in [4.69, 9.17) is 20.4 Å². The summed E-state index contributed by atoms with van der Waals surface area (Å²) in [5.41, 5.74) is -0.136. The molecule has 0 aliphatic carbocycles. The number of hydrogen-bond donors (Lipinski definition) is 0. The van der Waals surface area contributed by atoms with Gasteiger partial charge in [0.05, 0.1) is 17.5 Å². The summed E-state index contributed by atoms with van der Waals surface area (Å²) in [4.78, 5) is 37.7. The lowest BCUT2D eigenvalue weighted by Gasteiger charge is -2.14. The van der Waals surface area contributed by atoms with E-state index < -0.39 is 41.6 Å². The standard InChI is InChI=1S/C27H22F3N3O6/c1-5-10-37-25(35)16(3)38-19-8-6-15(2)20(13-19)24-21-11-17(7-9-22(21)39-31-24)33-23(34)12-18(14-27(28,29)30)32(4)26(33)36/h1,6-9,11-13,16H,10,14H2,2-4H3. The molecular formula is C27H22F3N3O6. The minimum absolute atomic E-state index is 0.117. The Hall–Kier alpha value is -4.79. The van der Waals surface area contributed by atoms with Crippen LogP contribution >= 0.6 is 0 Å². The summed E-state index contributed by atoms with van der Waals surface area (Å²) in [6, 6.07) is 10.2. The SMILES string of the molecule is C#CCOC(=O)C(C)Oc1ccc(C)c(-c2noc3ccc(-n4c(=O)cc(CC(F)(F)F)n(C)c4=O)cc23)c1. The molecule has 202 valence electrons. The predicted molar refractivity (Wildman–Crippen MR) is 135 cm³/mol. The van der Waals surface area contributed by atoms with Crippen molar-refractivity contribution in [2.75, 3.05) is 6.61 Å². The number of nitrogens with zero attached hydrogens (tertiary/aromatic N) is 3. The van der Waals surface area contributed by atoms with Gasteiger partial charge in [-0.15, -0.1) is 6.42 Å². The maximum Gasteiger partial charge on any atom is 0.394 e. The Kier molecular flexibility index (Phi) is 7.36. The zero-order valence-electron chi connectivity index (χ0n) is 21.0. The van der Waals surface area contributed by atoms with Crippen LogP contribution in [0.5, 0.6) is 5.75 Å². The van der Waals surface area contributed by atoms with E-state index in [2.05, 4.69) is 11.1 Å². The van der Waals surface area contributed by atoms with Crippen LogP contribution in [-0.4, -0.2) is 39.1 Å². The third-order valence-electron chi connectivity index (χ3n) is 5.92. The van der Waals surface area contributed by atoms with Crippen molar-refractivity contribution in [3.63, 3.8) is 0 Å². The molecule has 0 saturated carbocycles. The van der Waals surface area contributed by atoms with Crippen LogP contribution in [0.3, 0.4) is 0 Å². The second kappa shape index (κ2) is 10.5. The van der Waals surface area contributed by atoms with Gasteiger partial charge < -0.3 is 14.0 Å². The molecule has 0 fully saturated rings. The van der Waals surface area contributed by atoms with E-state index in [1.807, 2.05) is 6.92 Å². The number of carbonyl (C=O) groups is 1. The van der Waals surface area contributed by atoms with E-state index in [0.717, 1.165) is 20.8 Å². The molecule has 0 aliphatic rings. The summed E-state index contributed by atoms with van der Waals surface area (Å²) >= 11 is 0. The number of hydrogen-bond acceptors (Lipinski definition) is 7. The predicted octanol–water partition coefficient (Wildman–Crippen LogP) is 3.70. The van der Waals surface area contributed by atoms with Crippen LogP contribution in [0.1, 0.15) is 18.2 Å². The summed E-state index contributed by atoms with van der Waals surface area (Å²) in [5.74, 6) is 1.90. The topological polar surface area (TPSA) is 106 Å². The van der Waals surface area contributed by atoms with E-state index in [0.29, 0.717) is 28.0 Å². The van der Waals surface area contributed by atoms with Gasteiger partial charge >= 0.3 is 17.8 Å². The normalized spacial score (nSPS) is 12.2. The van der Waals surface area contributed by atoms with Crippen LogP contribution in [0.25, 0.3) is 27.9 Å². The number of alkyl halides is 3. The summed E-state index contributed by atoms with van der Waals surface area (Å²) < 4.78 is 56.2. The highest BCUT2D eigenvalue weighted by molar-refractivity contribution is 5.93. The second-order valence-electron chi connectivity index (χ2n) is 8.70. The highest BCUT2D eigenvalue weighted by Crippen LogP contribution is 2.34. The lowest BCUT2D eigenvalue weighted by Crippen LogP contribution is -2.39. The van der Waals surface area contributed by atoms with Gasteiger partial charge in [-0.1, -0.05) is 17.1 Å². The van der Waals surface area contributed by atoms with Crippen LogP contribution in [0.15, 0.2) is 56.6 Å². The highest BCUT2D eigenvalue weighted by atomic mass is 19.4. The lowest BCUT2D eigenvalue weighted by atomic mass is 10.0. The van der Waals surface area contributed by atoms with E-state index in [-0.39, 0.29) is 12.3 Å². The third kappa shape index (κ3) is 5.72. The zero-order valence-corrected chi connectivity index (χ0v) is 21.0. The molecule has 4 rings (SSSR count). The summed E-state index contributed by atoms with van der Waals surface area (Å²) in [5, 5.41) is 4.57. The van der Waals surface area contributed by atoms with Gasteiger partial charge in [0, 0.05) is 24.4 Å². The Bertz CT molecular complexity index is 1730. The Morgan fingerprint density at radius 3 is 2.62 bits per heavy atom. The maximum absolute atomic E-state index is 12.9. The summed E-state index contributed by atoms with van der Waals surface area (Å²) in [7, 11) is 1.17. The fraction of sp³-hybridized carbons (Fsp3) is 0.259. The van der Waals surface area contributed by atoms with Gasteiger partial charge in [-0.3, -0.25) is 9.36 Å². The summed E-state index contributed by atoms with van der Waals surface area (Å²) in [6.45, 7) is 3.14. The average molecular weight is 541 g/mol. The molecule has 0 saturated heterocycles. The molecule has 0 radical (unpaired) electrons. The first-order chi connectivity index (χ1) is 18.4. The molecule has 39 heavy (non-hydrogen) atoms. The Balaban J connectivity index is 1.75. The second-order valence-corrected chi connectivity index (χ2v) is 8.70. The van der Waals surface area contributed by atoms with Gasteiger partial charge in [0.2, 0.25) is 0 Å². The lowest BCUT2D eigenvalue weighted by molar-refractivity contribution is -0.149. The maximum atomic E-state index is 12.9. The van der Waals surface area contributed by atoms with Crippen LogP contribution in [0.4, 0.5) is 13.2 Å². The van der Waals surface area contributed by atoms with Crippen molar-refractivity contribution in [3.8, 4) is 35.0 Å². The van der Waals surface area contributed by atoms with Gasteiger partial charge in [-0.2, -0.15) is 13.2 Å². The van der Waals surface area contributed by atoms with Crippen LogP contribution < -0.4 is 16.0 Å². The minimum Gasteiger partial charge on any atom is -0.479 e. The van der Waals surface area contributed by atoms with Crippen LogP contribution in [0, 0.1) is 19.3 Å². The molecule has 12 heteroatoms. The van der Waals surface area contributed by atoms with Gasteiger partial charge in [0.1, 0.15) is 11.4 Å². The number of benzene rings is 2. The van der Waals surface area contributed by atoms with Gasteiger partial charge in [-0.05, 0) is 49.7 Å². The molecule has 0 aliphatic heterocycles. The van der Waals surface area contributed by atoms with Crippen molar-refractivity contribution in [1.82, 2.24) is 14.3 Å². The smallest absolute Gasteiger partial charge is 0.394 e. The van der Waals surface area contributed by atoms with E-state index in [1.165, 1.54) is 32.2 Å². The molecule has 9 nitrogen and oxygen atoms in total. The number of terminal acetylenes is 1. The van der Waals surface area contributed by atoms with Gasteiger partial charge in [-0.25, -0.2) is 14.2 Å². The molecule has 2 aromatic carbocycles. The minimum atomic E-state index is -4.59. The first-order valence-corrected chi connectivity index (χ1v) is 11.6. The summed E-state index contributed by atoms with van der Waals surface area (Å²) in [6.07, 6.45) is -1.85. The monoisotopic (exact) mass is 541 g/mol. The molecule has 0 N–H and O–H groups in total. The van der Waals surface area contributed by atoms with Gasteiger partial charge in [0.25, 0.3) is 5.56 Å². The quantitative estimate of drug-likeness (QED) is 0.260. The van der Waals surface area contributed by atoms with Crippen LogP contribution in [0.2, 0.25) is 0 Å². The number of aryl methyl sites for hydroxylation is 1. The molecule has 2 aromatic heterocycles. The Morgan fingerprint density at radius 2 is 1.92 bits per heavy atom. The fourth-order valence-corrected chi connectivity index (χ4v) is 3.96. The van der Waals surface area contributed by atoms with Crippen molar-refractivity contribution >= 4 is 16.9 Å². The van der Waals surface area contributed by atoms with Gasteiger partial charge in [0.15, 0.2) is 18.3 Å². The molecule has 1 unspecified atom stereocenters. The first kappa shape index (κ1) is 27.3. The number of halogens is 3. The Labute approximate surface area is 219 Å². The number of carbonyl (C=O) groups excluding carboxylic acids is 1. The fourth-order valence-electron chi connectivity index (χ4n) is 3.96. The zero-order chi connectivity index (χ0) is 28.5. The van der Waals surface area contributed by atoms with Crippen molar-refractivity contribution in [3.05, 3.63) is 74.6 Å². The molecule has 0 bridgehead atoms. The van der Waals surface area contributed by atoms with Crippen molar-refractivity contribution in [1.29, 1.82) is 0 Å². The molecule has 4 aromatic rings. The highest BCUT2D eigenvalue weighted by Gasteiger charge is 2.30. The number of aromatic nitrogens is 3. The van der Waals surface area contributed by atoms with E-state index in [9.17, 15) is 27.6 Å². The van der Waals surface area contributed by atoms with Crippen molar-refractivity contribution in [2.45, 2.75) is 32.5 Å². The number of ether oxygens (including phenoxy) is 2. The van der Waals surface area contributed by atoms with Crippen molar-refractivity contribution < 1.29 is 32.0 Å². The van der Waals surface area contributed by atoms with Crippen molar-refractivity contribution in [2.24, 2.45) is 7.05 Å². The first-order valence-electron chi connectivity index (χ1n) is 11.6. The molecular weight excluding hydrogens is 519 g/mol. The Morgan fingerprint density at radius 1 is 1.18 bits per heavy atom. The molecule has 0 spiro atoms. The third-order valence-corrected chi connectivity index (χ3v) is 5.92.